The Kier molecular flexibility index (Phi) is 5.67. The van der Waals surface area contributed by atoms with Crippen LogP contribution in [0.1, 0.15) is 51.3 Å². The van der Waals surface area contributed by atoms with Crippen LogP contribution >= 0.6 is 0 Å². The van der Waals surface area contributed by atoms with E-state index in [1.54, 1.807) is 17.0 Å². The molecular formula is C24H31N3O3. The SMILES string of the molecule is CC(C)(C)c1cc(=O)n(CC2CCN(C(=O)C3CCc4ccccc4O3)CC2)cn1. The zero-order valence-corrected chi connectivity index (χ0v) is 18.1. The summed E-state index contributed by atoms with van der Waals surface area (Å²) in [5.41, 5.74) is 1.86. The van der Waals surface area contributed by atoms with Crippen LogP contribution in [-0.2, 0) is 23.2 Å². The number of nitrogens with zero attached hydrogens (tertiary/aromatic N) is 3. The molecule has 6 heteroatoms. The molecule has 0 N–H and O–H groups in total. The Bertz CT molecular complexity index is 968. The summed E-state index contributed by atoms with van der Waals surface area (Å²) in [4.78, 5) is 31.8. The number of hydrogen-bond acceptors (Lipinski definition) is 4. The van der Waals surface area contributed by atoms with Gasteiger partial charge in [-0.3, -0.25) is 14.2 Å². The van der Waals surface area contributed by atoms with E-state index >= 15 is 0 Å². The molecular weight excluding hydrogens is 378 g/mol. The molecule has 0 radical (unpaired) electrons. The highest BCUT2D eigenvalue weighted by atomic mass is 16.5. The molecule has 1 unspecified atom stereocenters. The molecule has 0 bridgehead atoms. The Labute approximate surface area is 177 Å². The summed E-state index contributed by atoms with van der Waals surface area (Å²) in [7, 11) is 0. The Morgan fingerprint density at radius 3 is 2.60 bits per heavy atom. The smallest absolute Gasteiger partial charge is 0.263 e. The van der Waals surface area contributed by atoms with Crippen LogP contribution in [0.4, 0.5) is 0 Å². The lowest BCUT2D eigenvalue weighted by molar-refractivity contribution is -0.141. The van der Waals surface area contributed by atoms with E-state index in [4.69, 9.17) is 4.74 Å². The van der Waals surface area contributed by atoms with Crippen molar-refractivity contribution in [2.75, 3.05) is 13.1 Å². The van der Waals surface area contributed by atoms with Gasteiger partial charge in [-0.25, -0.2) is 4.98 Å². The molecule has 0 saturated carbocycles. The summed E-state index contributed by atoms with van der Waals surface area (Å²) in [6.45, 7) is 8.26. The molecule has 4 rings (SSSR count). The molecule has 0 spiro atoms. The summed E-state index contributed by atoms with van der Waals surface area (Å²) >= 11 is 0. The number of ether oxygens (including phenoxy) is 1. The molecule has 160 valence electrons. The third kappa shape index (κ3) is 4.42. The van der Waals surface area contributed by atoms with Gasteiger partial charge in [0.05, 0.1) is 12.0 Å². The van der Waals surface area contributed by atoms with E-state index in [0.717, 1.165) is 37.1 Å². The number of carbonyl (C=O) groups is 1. The van der Waals surface area contributed by atoms with Crippen LogP contribution in [0, 0.1) is 5.92 Å². The number of hydrogen-bond donors (Lipinski definition) is 0. The predicted molar refractivity (Wildman–Crippen MR) is 116 cm³/mol. The average Bonchev–Trinajstić information content (AvgIpc) is 2.74. The quantitative estimate of drug-likeness (QED) is 0.781. The Morgan fingerprint density at radius 1 is 1.17 bits per heavy atom. The van der Waals surface area contributed by atoms with Gasteiger partial charge in [-0.1, -0.05) is 39.0 Å². The lowest BCUT2D eigenvalue weighted by Crippen LogP contribution is -2.47. The number of fused-ring (bicyclic) bond motifs is 1. The van der Waals surface area contributed by atoms with E-state index in [1.165, 1.54) is 5.56 Å². The molecule has 1 fully saturated rings. The van der Waals surface area contributed by atoms with E-state index in [2.05, 4.69) is 31.8 Å². The molecule has 2 aromatic rings. The minimum atomic E-state index is -0.381. The highest BCUT2D eigenvalue weighted by molar-refractivity contribution is 5.81. The van der Waals surface area contributed by atoms with E-state index < -0.39 is 0 Å². The van der Waals surface area contributed by atoms with Gasteiger partial charge < -0.3 is 9.64 Å². The van der Waals surface area contributed by atoms with Crippen molar-refractivity contribution < 1.29 is 9.53 Å². The second-order valence-corrected chi connectivity index (χ2v) is 9.54. The van der Waals surface area contributed by atoms with Gasteiger partial charge in [0, 0.05) is 31.1 Å². The summed E-state index contributed by atoms with van der Waals surface area (Å²) in [6.07, 6.45) is 4.69. The molecule has 2 aliphatic heterocycles. The minimum absolute atomic E-state index is 0.00250. The maximum absolute atomic E-state index is 12.9. The van der Waals surface area contributed by atoms with E-state index in [1.807, 2.05) is 23.1 Å². The molecule has 1 aromatic carbocycles. The van der Waals surface area contributed by atoms with Crippen molar-refractivity contribution >= 4 is 5.91 Å². The number of benzene rings is 1. The molecule has 2 aliphatic rings. The first kappa shape index (κ1) is 20.6. The highest BCUT2D eigenvalue weighted by Crippen LogP contribution is 2.29. The van der Waals surface area contributed by atoms with Gasteiger partial charge in [0.2, 0.25) is 0 Å². The number of piperidine rings is 1. The third-order valence-corrected chi connectivity index (χ3v) is 6.22. The molecule has 1 aromatic heterocycles. The average molecular weight is 410 g/mol. The molecule has 6 nitrogen and oxygen atoms in total. The summed E-state index contributed by atoms with van der Waals surface area (Å²) < 4.78 is 7.69. The van der Waals surface area contributed by atoms with E-state index in [-0.39, 0.29) is 23.0 Å². The monoisotopic (exact) mass is 409 g/mol. The number of aryl methyl sites for hydroxylation is 1. The van der Waals surface area contributed by atoms with Crippen molar-refractivity contribution in [1.82, 2.24) is 14.5 Å². The first-order chi connectivity index (χ1) is 14.3. The van der Waals surface area contributed by atoms with Crippen LogP contribution in [0.5, 0.6) is 5.75 Å². The first-order valence-corrected chi connectivity index (χ1v) is 10.9. The number of aromatic nitrogens is 2. The Hall–Kier alpha value is -2.63. The number of carbonyl (C=O) groups excluding carboxylic acids is 1. The van der Waals surface area contributed by atoms with Crippen molar-refractivity contribution in [3.8, 4) is 5.75 Å². The van der Waals surface area contributed by atoms with Crippen molar-refractivity contribution in [2.24, 2.45) is 5.92 Å². The molecule has 1 saturated heterocycles. The number of amides is 1. The maximum Gasteiger partial charge on any atom is 0.263 e. The van der Waals surface area contributed by atoms with Gasteiger partial charge in [-0.2, -0.15) is 0 Å². The molecule has 0 aliphatic carbocycles. The van der Waals surface area contributed by atoms with E-state index in [0.29, 0.717) is 25.6 Å². The van der Waals surface area contributed by atoms with Gasteiger partial charge in [-0.15, -0.1) is 0 Å². The van der Waals surface area contributed by atoms with Gasteiger partial charge >= 0.3 is 0 Å². The summed E-state index contributed by atoms with van der Waals surface area (Å²) in [5, 5.41) is 0. The number of likely N-dealkylation sites (tertiary alicyclic amines) is 1. The van der Waals surface area contributed by atoms with Crippen molar-refractivity contribution in [2.45, 2.75) is 64.5 Å². The normalized spacial score (nSPS) is 19.8. The fraction of sp³-hybridized carbons (Fsp3) is 0.542. The predicted octanol–water partition coefficient (Wildman–Crippen LogP) is 3.17. The zero-order chi connectivity index (χ0) is 21.3. The number of rotatable bonds is 3. The van der Waals surface area contributed by atoms with Gasteiger partial charge in [0.1, 0.15) is 5.75 Å². The Balaban J connectivity index is 1.32. The first-order valence-electron chi connectivity index (χ1n) is 10.9. The fourth-order valence-corrected chi connectivity index (χ4v) is 4.29. The van der Waals surface area contributed by atoms with Gasteiger partial charge in [-0.05, 0) is 43.2 Å². The molecule has 30 heavy (non-hydrogen) atoms. The van der Waals surface area contributed by atoms with E-state index in [9.17, 15) is 9.59 Å². The van der Waals surface area contributed by atoms with Crippen molar-refractivity contribution in [1.29, 1.82) is 0 Å². The van der Waals surface area contributed by atoms with Gasteiger partial charge in [0.25, 0.3) is 11.5 Å². The van der Waals surface area contributed by atoms with Crippen molar-refractivity contribution in [3.63, 3.8) is 0 Å². The summed E-state index contributed by atoms with van der Waals surface area (Å²) in [6, 6.07) is 9.61. The second-order valence-electron chi connectivity index (χ2n) is 9.54. The lowest BCUT2D eigenvalue weighted by Gasteiger charge is -2.35. The third-order valence-electron chi connectivity index (χ3n) is 6.22. The van der Waals surface area contributed by atoms with Crippen LogP contribution in [0.3, 0.4) is 0 Å². The van der Waals surface area contributed by atoms with Crippen LogP contribution in [0.2, 0.25) is 0 Å². The molecule has 3 heterocycles. The maximum atomic E-state index is 12.9. The van der Waals surface area contributed by atoms with Gasteiger partial charge in [0.15, 0.2) is 6.10 Å². The standard InChI is InChI=1S/C24H31N3O3/c1-24(2,3)21-14-22(28)27(16-25-21)15-17-10-12-26(13-11-17)23(29)20-9-8-18-6-4-5-7-19(18)30-20/h4-7,14,16-17,20H,8-13,15H2,1-3H3. The largest absolute Gasteiger partial charge is 0.480 e. The zero-order valence-electron chi connectivity index (χ0n) is 18.1. The van der Waals surface area contributed by atoms with Crippen LogP contribution in [0.15, 0.2) is 41.5 Å². The lowest BCUT2D eigenvalue weighted by atomic mass is 9.92. The minimum Gasteiger partial charge on any atom is -0.480 e. The molecule has 1 atom stereocenters. The Morgan fingerprint density at radius 2 is 1.90 bits per heavy atom. The summed E-state index contributed by atoms with van der Waals surface area (Å²) in [5.74, 6) is 1.31. The highest BCUT2D eigenvalue weighted by Gasteiger charge is 2.32. The van der Waals surface area contributed by atoms with Crippen molar-refractivity contribution in [3.05, 3.63) is 58.3 Å². The fourth-order valence-electron chi connectivity index (χ4n) is 4.29. The number of para-hydroxylation sites is 1. The topological polar surface area (TPSA) is 64.4 Å². The molecule has 1 amide bonds. The van der Waals surface area contributed by atoms with Crippen LogP contribution in [0.25, 0.3) is 0 Å². The van der Waals surface area contributed by atoms with Crippen LogP contribution in [-0.4, -0.2) is 39.6 Å². The second kappa shape index (κ2) is 8.25. The van der Waals surface area contributed by atoms with Crippen LogP contribution < -0.4 is 10.3 Å².